The number of aromatic nitrogens is 3. The zero-order valence-electron chi connectivity index (χ0n) is 13.5. The molecule has 1 N–H and O–H groups in total. The van der Waals surface area contributed by atoms with E-state index in [1.54, 1.807) is 25.1 Å². The maximum absolute atomic E-state index is 13.0. The third kappa shape index (κ3) is 4.00. The molecule has 130 valence electrons. The van der Waals surface area contributed by atoms with Crippen LogP contribution in [0.4, 0.5) is 10.2 Å². The van der Waals surface area contributed by atoms with Crippen LogP contribution in [0, 0.1) is 12.7 Å². The van der Waals surface area contributed by atoms with Gasteiger partial charge in [0.1, 0.15) is 28.0 Å². The molecule has 3 aromatic rings. The van der Waals surface area contributed by atoms with E-state index in [4.69, 9.17) is 4.52 Å². The van der Waals surface area contributed by atoms with Crippen molar-refractivity contribution >= 4 is 15.7 Å². The molecular weight excluding hydrogens is 347 g/mol. The predicted molar refractivity (Wildman–Crippen MR) is 89.1 cm³/mol. The highest BCUT2D eigenvalue weighted by atomic mass is 32.2. The molecule has 0 aliphatic carbocycles. The number of rotatable bonds is 5. The van der Waals surface area contributed by atoms with Gasteiger partial charge in [0.15, 0.2) is 15.6 Å². The zero-order valence-corrected chi connectivity index (χ0v) is 14.3. The summed E-state index contributed by atoms with van der Waals surface area (Å²) in [6.07, 6.45) is 2.36. The van der Waals surface area contributed by atoms with Crippen LogP contribution < -0.4 is 5.32 Å². The lowest BCUT2D eigenvalue weighted by atomic mass is 10.1. The molecule has 0 atom stereocenters. The lowest BCUT2D eigenvalue weighted by Crippen LogP contribution is -2.09. The second kappa shape index (κ2) is 6.60. The Morgan fingerprint density at radius 2 is 1.96 bits per heavy atom. The van der Waals surface area contributed by atoms with Crippen molar-refractivity contribution < 1.29 is 17.3 Å². The molecule has 7 nitrogen and oxygen atoms in total. The van der Waals surface area contributed by atoms with E-state index in [2.05, 4.69) is 20.4 Å². The van der Waals surface area contributed by atoms with Gasteiger partial charge >= 0.3 is 0 Å². The van der Waals surface area contributed by atoms with Crippen LogP contribution in [0.3, 0.4) is 0 Å². The lowest BCUT2D eigenvalue weighted by Gasteiger charge is -2.08. The van der Waals surface area contributed by atoms with Crippen molar-refractivity contribution in [3.05, 3.63) is 53.9 Å². The molecule has 9 heteroatoms. The van der Waals surface area contributed by atoms with E-state index in [0.717, 1.165) is 6.26 Å². The van der Waals surface area contributed by atoms with E-state index < -0.39 is 9.84 Å². The van der Waals surface area contributed by atoms with Crippen molar-refractivity contribution in [2.75, 3.05) is 11.6 Å². The lowest BCUT2D eigenvalue weighted by molar-refractivity contribution is 0.390. The van der Waals surface area contributed by atoms with Crippen LogP contribution in [0.25, 0.3) is 11.3 Å². The summed E-state index contributed by atoms with van der Waals surface area (Å²) in [4.78, 5) is 8.05. The minimum absolute atomic E-state index is 0.0105. The van der Waals surface area contributed by atoms with Gasteiger partial charge in [-0.05, 0) is 31.2 Å². The second-order valence-electron chi connectivity index (χ2n) is 5.44. The van der Waals surface area contributed by atoms with Gasteiger partial charge in [0.05, 0.1) is 12.7 Å². The Labute approximate surface area is 143 Å². The molecule has 0 saturated carbocycles. The van der Waals surface area contributed by atoms with Gasteiger partial charge in [-0.1, -0.05) is 5.16 Å². The minimum atomic E-state index is -3.47. The summed E-state index contributed by atoms with van der Waals surface area (Å²) in [5.74, 6) is 0.797. The fraction of sp³-hybridized carbons (Fsp3) is 0.188. The number of sulfone groups is 1. The Hall–Kier alpha value is -2.81. The predicted octanol–water partition coefficient (Wildman–Crippen LogP) is 2.59. The standard InChI is InChI=1S/C16H15FN4O3S/c1-10-18-9-15(25(2,22)23)16(20-10)19-8-13-7-14(21-24-13)11-3-5-12(17)6-4-11/h3-7,9H,8H2,1-2H3,(H,18,19,20). The highest BCUT2D eigenvalue weighted by Crippen LogP contribution is 2.22. The number of hydrogen-bond donors (Lipinski definition) is 1. The number of halogens is 1. The van der Waals surface area contributed by atoms with Gasteiger partial charge in [0, 0.05) is 17.9 Å². The van der Waals surface area contributed by atoms with E-state index in [1.165, 1.54) is 18.3 Å². The van der Waals surface area contributed by atoms with E-state index in [9.17, 15) is 12.8 Å². The molecule has 25 heavy (non-hydrogen) atoms. The molecule has 3 rings (SSSR count). The normalized spacial score (nSPS) is 11.5. The Kier molecular flexibility index (Phi) is 4.49. The monoisotopic (exact) mass is 362 g/mol. The fourth-order valence-corrected chi connectivity index (χ4v) is 2.89. The maximum Gasteiger partial charge on any atom is 0.180 e. The Morgan fingerprint density at radius 3 is 2.64 bits per heavy atom. The maximum atomic E-state index is 13.0. The summed E-state index contributed by atoms with van der Waals surface area (Å²) in [5.41, 5.74) is 1.27. The first kappa shape index (κ1) is 17.0. The highest BCUT2D eigenvalue weighted by Gasteiger charge is 2.16. The van der Waals surface area contributed by atoms with Crippen LogP contribution in [-0.4, -0.2) is 29.8 Å². The molecule has 0 aliphatic heterocycles. The molecule has 0 spiro atoms. The number of anilines is 1. The Balaban J connectivity index is 1.79. The summed E-state index contributed by atoms with van der Waals surface area (Å²) in [7, 11) is -3.47. The topological polar surface area (TPSA) is 98.0 Å². The number of nitrogens with one attached hydrogen (secondary N) is 1. The molecule has 2 aromatic heterocycles. The molecule has 0 fully saturated rings. The molecule has 2 heterocycles. The van der Waals surface area contributed by atoms with E-state index in [1.807, 2.05) is 0 Å². The third-order valence-corrected chi connectivity index (χ3v) is 4.50. The molecule has 0 radical (unpaired) electrons. The molecule has 1 aromatic carbocycles. The first-order valence-corrected chi connectivity index (χ1v) is 9.21. The summed E-state index contributed by atoms with van der Waals surface area (Å²) in [6.45, 7) is 1.85. The van der Waals surface area contributed by atoms with Crippen molar-refractivity contribution in [2.24, 2.45) is 0 Å². The van der Waals surface area contributed by atoms with E-state index >= 15 is 0 Å². The molecule has 0 saturated heterocycles. The van der Waals surface area contributed by atoms with Gasteiger partial charge < -0.3 is 9.84 Å². The van der Waals surface area contributed by atoms with Crippen molar-refractivity contribution in [3.8, 4) is 11.3 Å². The molecule has 0 unspecified atom stereocenters. The van der Waals surface area contributed by atoms with Gasteiger partial charge in [0.25, 0.3) is 0 Å². The Bertz CT molecular complexity index is 1000. The smallest absolute Gasteiger partial charge is 0.180 e. The summed E-state index contributed by atoms with van der Waals surface area (Å²) >= 11 is 0. The van der Waals surface area contributed by atoms with Crippen molar-refractivity contribution in [2.45, 2.75) is 18.4 Å². The van der Waals surface area contributed by atoms with Gasteiger partial charge in [-0.15, -0.1) is 0 Å². The number of aryl methyl sites for hydroxylation is 1. The van der Waals surface area contributed by atoms with Crippen LogP contribution in [-0.2, 0) is 16.4 Å². The van der Waals surface area contributed by atoms with E-state index in [0.29, 0.717) is 22.8 Å². The zero-order chi connectivity index (χ0) is 18.0. The summed E-state index contributed by atoms with van der Waals surface area (Å²) < 4.78 is 41.8. The molecule has 0 amide bonds. The molecular formula is C16H15FN4O3S. The van der Waals surface area contributed by atoms with Crippen molar-refractivity contribution in [1.82, 2.24) is 15.1 Å². The molecule has 0 bridgehead atoms. The average Bonchev–Trinajstić information content (AvgIpc) is 3.01. The van der Waals surface area contributed by atoms with Crippen LogP contribution in [0.1, 0.15) is 11.6 Å². The number of hydrogen-bond acceptors (Lipinski definition) is 7. The second-order valence-corrected chi connectivity index (χ2v) is 7.43. The summed E-state index contributed by atoms with van der Waals surface area (Å²) in [6, 6.07) is 7.56. The Morgan fingerprint density at radius 1 is 1.24 bits per heavy atom. The van der Waals surface area contributed by atoms with E-state index in [-0.39, 0.29) is 23.1 Å². The van der Waals surface area contributed by atoms with Crippen LogP contribution >= 0.6 is 0 Å². The first-order chi connectivity index (χ1) is 11.8. The average molecular weight is 362 g/mol. The van der Waals surface area contributed by atoms with Crippen molar-refractivity contribution in [3.63, 3.8) is 0 Å². The third-order valence-electron chi connectivity index (χ3n) is 3.40. The fourth-order valence-electron chi connectivity index (χ4n) is 2.18. The summed E-state index contributed by atoms with van der Waals surface area (Å²) in [5, 5.41) is 6.86. The quantitative estimate of drug-likeness (QED) is 0.745. The minimum Gasteiger partial charge on any atom is -0.362 e. The van der Waals surface area contributed by atoms with Crippen LogP contribution in [0.2, 0.25) is 0 Å². The number of benzene rings is 1. The van der Waals surface area contributed by atoms with Crippen LogP contribution in [0.5, 0.6) is 0 Å². The van der Waals surface area contributed by atoms with Crippen molar-refractivity contribution in [1.29, 1.82) is 0 Å². The number of nitrogens with zero attached hydrogens (tertiary/aromatic N) is 3. The van der Waals surface area contributed by atoms with Gasteiger partial charge in [-0.3, -0.25) is 0 Å². The van der Waals surface area contributed by atoms with Gasteiger partial charge in [-0.2, -0.15) is 0 Å². The van der Waals surface area contributed by atoms with Gasteiger partial charge in [0.2, 0.25) is 0 Å². The SMILES string of the molecule is Cc1ncc(S(C)(=O)=O)c(NCc2cc(-c3ccc(F)cc3)no2)n1. The first-order valence-electron chi connectivity index (χ1n) is 7.32. The molecule has 0 aliphatic rings. The van der Waals surface area contributed by atoms with Crippen LogP contribution in [0.15, 0.2) is 45.9 Å². The highest BCUT2D eigenvalue weighted by molar-refractivity contribution is 7.90. The van der Waals surface area contributed by atoms with Gasteiger partial charge in [-0.25, -0.2) is 22.8 Å². The largest absolute Gasteiger partial charge is 0.362 e.